The van der Waals surface area contributed by atoms with Crippen molar-refractivity contribution >= 4 is 0 Å². The van der Waals surface area contributed by atoms with Crippen LogP contribution in [0.1, 0.15) is 66.7 Å². The van der Waals surface area contributed by atoms with Crippen LogP contribution in [0.4, 0.5) is 0 Å². The SMILES string of the molecule is CC(C)CN(C)CCC1COC2(CCC(C(C)(C)C)CC2)O1. The maximum atomic E-state index is 6.36. The molecule has 1 saturated carbocycles. The van der Waals surface area contributed by atoms with Crippen molar-refractivity contribution in [3.63, 3.8) is 0 Å². The Kier molecular flexibility index (Phi) is 5.95. The van der Waals surface area contributed by atoms with Crippen molar-refractivity contribution in [1.29, 1.82) is 0 Å². The van der Waals surface area contributed by atoms with Gasteiger partial charge in [-0.3, -0.25) is 0 Å². The number of hydrogen-bond acceptors (Lipinski definition) is 3. The molecular weight excluding hydrogens is 274 g/mol. The van der Waals surface area contributed by atoms with Crippen LogP contribution in [0.5, 0.6) is 0 Å². The van der Waals surface area contributed by atoms with E-state index in [0.29, 0.717) is 11.5 Å². The fraction of sp³-hybridized carbons (Fsp3) is 1.00. The van der Waals surface area contributed by atoms with E-state index in [1.165, 1.54) is 12.8 Å². The first-order valence-corrected chi connectivity index (χ1v) is 9.20. The van der Waals surface area contributed by atoms with Crippen LogP contribution >= 0.6 is 0 Å². The van der Waals surface area contributed by atoms with Gasteiger partial charge in [-0.25, -0.2) is 0 Å². The van der Waals surface area contributed by atoms with Crippen LogP contribution in [0.3, 0.4) is 0 Å². The van der Waals surface area contributed by atoms with Gasteiger partial charge in [-0.1, -0.05) is 34.6 Å². The van der Waals surface area contributed by atoms with Crippen LogP contribution in [0.2, 0.25) is 0 Å². The molecule has 1 heterocycles. The number of rotatable bonds is 5. The first kappa shape index (κ1) is 18.2. The van der Waals surface area contributed by atoms with Gasteiger partial charge in [0.25, 0.3) is 0 Å². The smallest absolute Gasteiger partial charge is 0.168 e. The third-order valence-electron chi connectivity index (χ3n) is 5.40. The Labute approximate surface area is 137 Å². The summed E-state index contributed by atoms with van der Waals surface area (Å²) in [6, 6.07) is 0. The molecule has 1 aliphatic heterocycles. The average Bonchev–Trinajstić information content (AvgIpc) is 2.78. The minimum atomic E-state index is -0.247. The lowest BCUT2D eigenvalue weighted by atomic mass is 9.71. The third-order valence-corrected chi connectivity index (χ3v) is 5.40. The second-order valence-corrected chi connectivity index (χ2v) is 9.05. The van der Waals surface area contributed by atoms with Crippen molar-refractivity contribution in [1.82, 2.24) is 4.90 Å². The monoisotopic (exact) mass is 311 g/mol. The summed E-state index contributed by atoms with van der Waals surface area (Å²) in [5.74, 6) is 1.29. The topological polar surface area (TPSA) is 21.7 Å². The van der Waals surface area contributed by atoms with Gasteiger partial charge in [-0.2, -0.15) is 0 Å². The van der Waals surface area contributed by atoms with Crippen molar-refractivity contribution in [2.75, 3.05) is 26.7 Å². The van der Waals surface area contributed by atoms with E-state index in [9.17, 15) is 0 Å². The lowest BCUT2D eigenvalue weighted by molar-refractivity contribution is -0.197. The van der Waals surface area contributed by atoms with Gasteiger partial charge in [-0.15, -0.1) is 0 Å². The predicted octanol–water partition coefficient (Wildman–Crippen LogP) is 4.31. The summed E-state index contributed by atoms with van der Waals surface area (Å²) in [6.45, 7) is 14.7. The number of ether oxygens (including phenoxy) is 2. The van der Waals surface area contributed by atoms with E-state index in [0.717, 1.165) is 50.8 Å². The molecule has 0 amide bonds. The molecule has 2 fully saturated rings. The Morgan fingerprint density at radius 3 is 2.36 bits per heavy atom. The summed E-state index contributed by atoms with van der Waals surface area (Å²) in [5.41, 5.74) is 0.416. The minimum absolute atomic E-state index is 0.247. The molecule has 2 rings (SSSR count). The summed E-state index contributed by atoms with van der Waals surface area (Å²) < 4.78 is 12.5. The molecule has 3 nitrogen and oxygen atoms in total. The zero-order chi connectivity index (χ0) is 16.4. The summed E-state index contributed by atoms with van der Waals surface area (Å²) in [6.07, 6.45) is 6.02. The Morgan fingerprint density at radius 2 is 1.82 bits per heavy atom. The van der Waals surface area contributed by atoms with Gasteiger partial charge < -0.3 is 14.4 Å². The largest absolute Gasteiger partial charge is 0.347 e. The van der Waals surface area contributed by atoms with E-state index in [1.807, 2.05) is 0 Å². The van der Waals surface area contributed by atoms with Crippen LogP contribution in [-0.4, -0.2) is 43.5 Å². The standard InChI is InChI=1S/C19H37NO2/c1-15(2)13-20(6)12-9-17-14-21-19(22-17)10-7-16(8-11-19)18(3,4)5/h15-17H,7-14H2,1-6H3. The van der Waals surface area contributed by atoms with E-state index in [4.69, 9.17) is 9.47 Å². The normalized spacial score (nSPS) is 33.3. The van der Waals surface area contributed by atoms with Gasteiger partial charge in [-0.05, 0) is 43.6 Å². The predicted molar refractivity (Wildman–Crippen MR) is 91.9 cm³/mol. The second kappa shape index (κ2) is 7.19. The Morgan fingerprint density at radius 1 is 1.18 bits per heavy atom. The van der Waals surface area contributed by atoms with Crippen molar-refractivity contribution in [3.8, 4) is 0 Å². The molecule has 1 unspecified atom stereocenters. The lowest BCUT2D eigenvalue weighted by Gasteiger charge is -2.41. The highest BCUT2D eigenvalue weighted by molar-refractivity contribution is 4.88. The molecule has 130 valence electrons. The van der Waals surface area contributed by atoms with E-state index < -0.39 is 0 Å². The van der Waals surface area contributed by atoms with Gasteiger partial charge in [0, 0.05) is 25.9 Å². The first-order chi connectivity index (χ1) is 10.2. The van der Waals surface area contributed by atoms with Gasteiger partial charge in [0.05, 0.1) is 12.7 Å². The van der Waals surface area contributed by atoms with Crippen molar-refractivity contribution in [3.05, 3.63) is 0 Å². The molecule has 1 atom stereocenters. The second-order valence-electron chi connectivity index (χ2n) is 9.05. The van der Waals surface area contributed by atoms with Crippen LogP contribution in [0.15, 0.2) is 0 Å². The molecule has 0 aromatic rings. The maximum Gasteiger partial charge on any atom is 0.168 e. The van der Waals surface area contributed by atoms with Crippen molar-refractivity contribution in [2.24, 2.45) is 17.3 Å². The summed E-state index contributed by atoms with van der Waals surface area (Å²) in [7, 11) is 2.21. The van der Waals surface area contributed by atoms with Crippen molar-refractivity contribution in [2.45, 2.75) is 78.6 Å². The third kappa shape index (κ3) is 4.94. The molecule has 22 heavy (non-hydrogen) atoms. The zero-order valence-corrected chi connectivity index (χ0v) is 15.7. The fourth-order valence-electron chi connectivity index (χ4n) is 4.02. The summed E-state index contributed by atoms with van der Waals surface area (Å²) in [5, 5.41) is 0. The highest BCUT2D eigenvalue weighted by Gasteiger charge is 2.45. The van der Waals surface area contributed by atoms with E-state index in [1.54, 1.807) is 0 Å². The van der Waals surface area contributed by atoms with Crippen LogP contribution < -0.4 is 0 Å². The first-order valence-electron chi connectivity index (χ1n) is 9.20. The number of hydrogen-bond donors (Lipinski definition) is 0. The summed E-state index contributed by atoms with van der Waals surface area (Å²) >= 11 is 0. The quantitative estimate of drug-likeness (QED) is 0.755. The molecule has 0 aromatic carbocycles. The maximum absolute atomic E-state index is 6.36. The minimum Gasteiger partial charge on any atom is -0.347 e. The van der Waals surface area contributed by atoms with E-state index in [2.05, 4.69) is 46.6 Å². The van der Waals surface area contributed by atoms with Gasteiger partial charge in [0.2, 0.25) is 0 Å². The molecule has 1 spiro atoms. The zero-order valence-electron chi connectivity index (χ0n) is 15.7. The molecule has 2 aliphatic rings. The van der Waals surface area contributed by atoms with Crippen LogP contribution in [0.25, 0.3) is 0 Å². The van der Waals surface area contributed by atoms with Crippen molar-refractivity contribution < 1.29 is 9.47 Å². The lowest BCUT2D eigenvalue weighted by Crippen LogP contribution is -2.39. The van der Waals surface area contributed by atoms with Gasteiger partial charge in [0.1, 0.15) is 0 Å². The Balaban J connectivity index is 1.74. The highest BCUT2D eigenvalue weighted by Crippen LogP contribution is 2.45. The molecule has 0 aromatic heterocycles. The number of nitrogens with zero attached hydrogens (tertiary/aromatic N) is 1. The molecule has 0 radical (unpaired) electrons. The van der Waals surface area contributed by atoms with E-state index >= 15 is 0 Å². The fourth-order valence-corrected chi connectivity index (χ4v) is 4.02. The van der Waals surface area contributed by atoms with Crippen LogP contribution in [0, 0.1) is 17.3 Å². The molecular formula is C19H37NO2. The van der Waals surface area contributed by atoms with Gasteiger partial charge in [0.15, 0.2) is 5.79 Å². The van der Waals surface area contributed by atoms with E-state index in [-0.39, 0.29) is 5.79 Å². The average molecular weight is 312 g/mol. The Bertz CT molecular complexity index is 340. The molecule has 0 N–H and O–H groups in total. The highest BCUT2D eigenvalue weighted by atomic mass is 16.7. The molecule has 1 aliphatic carbocycles. The van der Waals surface area contributed by atoms with Gasteiger partial charge >= 0.3 is 0 Å². The van der Waals surface area contributed by atoms with Crippen LogP contribution in [-0.2, 0) is 9.47 Å². The molecule has 1 saturated heterocycles. The summed E-state index contributed by atoms with van der Waals surface area (Å²) in [4.78, 5) is 2.41. The Hall–Kier alpha value is -0.120. The molecule has 3 heteroatoms. The molecule has 0 bridgehead atoms.